The van der Waals surface area contributed by atoms with Crippen molar-refractivity contribution in [1.29, 1.82) is 0 Å². The van der Waals surface area contributed by atoms with Crippen LogP contribution in [0.25, 0.3) is 0 Å². The summed E-state index contributed by atoms with van der Waals surface area (Å²) in [6, 6.07) is 23.6. The predicted molar refractivity (Wildman–Crippen MR) is 276 cm³/mol. The van der Waals surface area contributed by atoms with E-state index in [2.05, 4.69) is 47.9 Å². The van der Waals surface area contributed by atoms with E-state index < -0.39 is 30.4 Å². The second-order valence-corrected chi connectivity index (χ2v) is 17.0. The molecule has 2 aliphatic rings. The van der Waals surface area contributed by atoms with E-state index in [9.17, 15) is 24.0 Å². The normalized spacial score (nSPS) is 16.4. The molecule has 2 heterocycles. The van der Waals surface area contributed by atoms with Gasteiger partial charge in [0.05, 0.1) is 37.8 Å². The first kappa shape index (κ1) is 55.2. The van der Waals surface area contributed by atoms with Gasteiger partial charge in [0.15, 0.2) is 0 Å². The number of urea groups is 1. The topological polar surface area (TPSA) is 251 Å². The first-order valence-corrected chi connectivity index (χ1v) is 23.8. The number of hydrogen-bond acceptors (Lipinski definition) is 11. The van der Waals surface area contributed by atoms with Gasteiger partial charge in [-0.1, -0.05) is 88.5 Å². The summed E-state index contributed by atoms with van der Waals surface area (Å²) in [7, 11) is 0. The van der Waals surface area contributed by atoms with Gasteiger partial charge < -0.3 is 35.1 Å². The molecule has 0 atom stereocenters. The van der Waals surface area contributed by atoms with E-state index in [1.54, 1.807) is 60.7 Å². The number of rotatable bonds is 0. The fourth-order valence-electron chi connectivity index (χ4n) is 7.14. The quantitative estimate of drug-likeness (QED) is 0.0915. The molecule has 6 amide bonds. The van der Waals surface area contributed by atoms with E-state index in [-0.39, 0.29) is 6.90 Å². The lowest BCUT2D eigenvalue weighted by atomic mass is 10.1. The standard InChI is InChI=1S/C26H34N4O5.C26H32N4O4.H2O/c1-18-10-12-20-16-22(18)29-24(31)30-23-17-21(13-11-19(23)2)28-26(33)35-15-9-7-5-3-4-6-8-14-34-25(32)27-20;1-19-10-12-21-16-23(19)27-18-28-24-17-22(13-11-20(24)2)30-26(32)34-15-9-7-5-3-4-6-8-14-33-25(31)29-21;/h10-13,16-17H,3-9,14-15H2,1-2H3,(H,27,32)(H,28,33)(H2,29,30,31);10-13,16-17H,3-9,14-15H2,1-2H3,(H,29,31)(H,30,32);1H2/p+1. The van der Waals surface area contributed by atoms with E-state index in [4.69, 9.17) is 18.9 Å². The van der Waals surface area contributed by atoms with Gasteiger partial charge in [0.2, 0.25) is 0 Å². The lowest BCUT2D eigenvalue weighted by molar-refractivity contribution is 0.157. The van der Waals surface area contributed by atoms with Crippen molar-refractivity contribution in [2.24, 2.45) is 9.98 Å². The molecule has 6 rings (SSSR count). The molecule has 8 N–H and O–H groups in total. The third-order valence-corrected chi connectivity index (χ3v) is 11.2. The molecule has 8 bridgehead atoms. The number of aryl methyl sites for hydroxylation is 4. The Morgan fingerprint density at radius 3 is 0.971 bits per heavy atom. The van der Waals surface area contributed by atoms with E-state index in [1.165, 1.54) is 0 Å². The van der Waals surface area contributed by atoms with Crippen molar-refractivity contribution in [3.05, 3.63) is 95.1 Å². The number of nitrogens with one attached hydrogen (secondary N) is 6. The van der Waals surface area contributed by atoms with Crippen LogP contribution in [0.5, 0.6) is 0 Å². The second kappa shape index (κ2) is 30.1. The van der Waals surface area contributed by atoms with Crippen molar-refractivity contribution in [2.45, 2.75) is 118 Å². The van der Waals surface area contributed by atoms with Crippen LogP contribution in [0.1, 0.15) is 114 Å². The molecule has 4 aromatic rings. The minimum absolute atomic E-state index is 0. The highest BCUT2D eigenvalue weighted by atomic mass is 16.6. The number of anilines is 6. The molecular formula is C52H69N8O10+. The molecule has 0 unspecified atom stereocenters. The Morgan fingerprint density at radius 1 is 0.386 bits per heavy atom. The zero-order chi connectivity index (χ0) is 49.2. The molecule has 4 aromatic carbocycles. The van der Waals surface area contributed by atoms with Crippen LogP contribution in [-0.4, -0.2) is 68.3 Å². The van der Waals surface area contributed by atoms with Crippen LogP contribution in [0.2, 0.25) is 0 Å². The van der Waals surface area contributed by atoms with Gasteiger partial charge in [0, 0.05) is 34.1 Å². The average molecular weight is 966 g/mol. The third-order valence-electron chi connectivity index (χ3n) is 11.2. The van der Waals surface area contributed by atoms with Crippen molar-refractivity contribution in [1.82, 2.24) is 0 Å². The number of carbonyl (C=O) groups excluding carboxylic acids is 5. The molecule has 0 fully saturated rings. The van der Waals surface area contributed by atoms with Gasteiger partial charge in [-0.2, -0.15) is 9.98 Å². The van der Waals surface area contributed by atoms with Crippen LogP contribution < -0.4 is 31.9 Å². The number of carbonyl (C=O) groups is 5. The maximum absolute atomic E-state index is 12.7. The number of cyclic esters (lactones) is 4. The SMILES string of the molecule is Cc1ccc2cc1N=C=Nc1cc(ccc1C)NC(=O)OCCCCCCCCCOC(=O)N2.Cc1ccc2cc1NC(=O)Nc1cc(ccc1C)NC(=O)OCCCCCCCCCOC(=O)N2.O.[H+]. The molecule has 0 saturated carbocycles. The van der Waals surface area contributed by atoms with E-state index in [0.29, 0.717) is 71.9 Å². The van der Waals surface area contributed by atoms with Gasteiger partial charge in [-0.3, -0.25) is 21.3 Å². The molecule has 2 aliphatic heterocycles. The zero-order valence-electron chi connectivity index (χ0n) is 41.7. The van der Waals surface area contributed by atoms with E-state index in [1.807, 2.05) is 39.8 Å². The molecule has 70 heavy (non-hydrogen) atoms. The van der Waals surface area contributed by atoms with Crippen LogP contribution in [0.3, 0.4) is 0 Å². The summed E-state index contributed by atoms with van der Waals surface area (Å²) in [6.07, 6.45) is 11.8. The van der Waals surface area contributed by atoms with Crippen LogP contribution in [0.15, 0.2) is 82.8 Å². The molecule has 0 saturated heterocycles. The van der Waals surface area contributed by atoms with Gasteiger partial charge in [-0.05, 0) is 124 Å². The van der Waals surface area contributed by atoms with Crippen LogP contribution in [0.4, 0.5) is 69.5 Å². The van der Waals surface area contributed by atoms with Crippen LogP contribution in [-0.2, 0) is 18.9 Å². The Labute approximate surface area is 411 Å². The highest BCUT2D eigenvalue weighted by molar-refractivity contribution is 6.02. The van der Waals surface area contributed by atoms with Crippen molar-refractivity contribution < 1.29 is 49.8 Å². The fourth-order valence-corrected chi connectivity index (χ4v) is 7.14. The highest BCUT2D eigenvalue weighted by Gasteiger charge is 2.13. The number of fused-ring (bicyclic) bond motifs is 8. The summed E-state index contributed by atoms with van der Waals surface area (Å²) in [4.78, 5) is 69.8. The van der Waals surface area contributed by atoms with E-state index >= 15 is 0 Å². The molecule has 0 radical (unpaired) electrons. The Balaban J connectivity index is 0.000000365. The zero-order valence-corrected chi connectivity index (χ0v) is 40.7. The summed E-state index contributed by atoms with van der Waals surface area (Å²) in [5.41, 5.74) is 8.06. The molecular weight excluding hydrogens is 897 g/mol. The maximum Gasteiger partial charge on any atom is 1.00 e. The Kier molecular flexibility index (Phi) is 23.8. The lowest BCUT2D eigenvalue weighted by Crippen LogP contribution is -2.21. The fraction of sp³-hybridized carbons (Fsp3) is 0.423. The number of hydrogen-bond donors (Lipinski definition) is 6. The molecule has 376 valence electrons. The minimum Gasteiger partial charge on any atom is -0.449 e. The first-order valence-electron chi connectivity index (χ1n) is 23.8. The largest absolute Gasteiger partial charge is 1.00 e. The van der Waals surface area contributed by atoms with Crippen molar-refractivity contribution in [3.8, 4) is 0 Å². The van der Waals surface area contributed by atoms with Crippen molar-refractivity contribution in [3.63, 3.8) is 0 Å². The number of aliphatic imine (C=N–C) groups is 2. The molecule has 0 aliphatic carbocycles. The molecule has 0 spiro atoms. The average Bonchev–Trinajstić information content (AvgIpc) is 3.31. The second-order valence-electron chi connectivity index (χ2n) is 17.0. The van der Waals surface area contributed by atoms with Crippen molar-refractivity contribution in [2.75, 3.05) is 58.3 Å². The highest BCUT2D eigenvalue weighted by Crippen LogP contribution is 2.27. The van der Waals surface area contributed by atoms with Gasteiger partial charge in [0.1, 0.15) is 6.01 Å². The van der Waals surface area contributed by atoms with Gasteiger partial charge in [-0.25, -0.2) is 24.0 Å². The Hall–Kier alpha value is -7.43. The van der Waals surface area contributed by atoms with Gasteiger partial charge >= 0.3 is 31.8 Å². The summed E-state index contributed by atoms with van der Waals surface area (Å²) in [5, 5.41) is 16.5. The number of benzene rings is 4. The number of ether oxygens (including phenoxy) is 4. The molecule has 18 nitrogen and oxygen atoms in total. The van der Waals surface area contributed by atoms with Gasteiger partial charge in [0.25, 0.3) is 0 Å². The van der Waals surface area contributed by atoms with Crippen molar-refractivity contribution >= 4 is 81.9 Å². The van der Waals surface area contributed by atoms with Crippen LogP contribution in [0, 0.1) is 27.7 Å². The summed E-state index contributed by atoms with van der Waals surface area (Å²) < 4.78 is 21.1. The Morgan fingerprint density at radius 2 is 0.657 bits per heavy atom. The molecule has 18 heteroatoms. The monoisotopic (exact) mass is 966 g/mol. The lowest BCUT2D eigenvalue weighted by Gasteiger charge is -2.15. The van der Waals surface area contributed by atoms with Crippen LogP contribution >= 0.6 is 0 Å². The summed E-state index contributed by atoms with van der Waals surface area (Å²) in [6.45, 7) is 9.02. The third kappa shape index (κ3) is 20.4. The number of amides is 6. The minimum atomic E-state index is -0.520. The first-order chi connectivity index (χ1) is 33.4. The van der Waals surface area contributed by atoms with Gasteiger partial charge in [-0.15, -0.1) is 0 Å². The summed E-state index contributed by atoms with van der Waals surface area (Å²) >= 11 is 0. The predicted octanol–water partition coefficient (Wildman–Crippen LogP) is 13.4. The maximum atomic E-state index is 12.7. The smallest absolute Gasteiger partial charge is 0.449 e. The number of nitrogens with zero attached hydrogens (tertiary/aromatic N) is 2. The Bertz CT molecular complexity index is 2290. The molecule has 0 aromatic heterocycles. The summed E-state index contributed by atoms with van der Waals surface area (Å²) in [5.74, 6) is 0. The van der Waals surface area contributed by atoms with E-state index in [0.717, 1.165) is 112 Å².